The van der Waals surface area contributed by atoms with Crippen molar-refractivity contribution in [2.45, 2.75) is 32.3 Å². The molecular weight excluding hydrogens is 292 g/mol. The lowest BCUT2D eigenvalue weighted by molar-refractivity contribution is 0.149. The number of unbranched alkanes of at least 4 members (excludes halogenated alkanes) is 1. The lowest BCUT2D eigenvalue weighted by Gasteiger charge is -2.09. The molecule has 2 aromatic heterocycles. The number of hydrogen-bond acceptors (Lipinski definition) is 6. The summed E-state index contributed by atoms with van der Waals surface area (Å²) in [6.45, 7) is 2.17. The second kappa shape index (κ2) is 7.75. The van der Waals surface area contributed by atoms with Crippen molar-refractivity contribution >= 4 is 22.5 Å². The molecule has 0 bridgehead atoms. The van der Waals surface area contributed by atoms with Gasteiger partial charge in [0.1, 0.15) is 16.9 Å². The summed E-state index contributed by atoms with van der Waals surface area (Å²) in [4.78, 5) is 11.7. The predicted octanol–water partition coefficient (Wildman–Crippen LogP) is 2.33. The number of anilines is 1. The third-order valence-electron chi connectivity index (χ3n) is 2.76. The molecule has 0 spiro atoms. The first-order valence-corrected chi connectivity index (χ1v) is 7.59. The summed E-state index contributed by atoms with van der Waals surface area (Å²) in [5.41, 5.74) is 0. The van der Waals surface area contributed by atoms with E-state index in [1.165, 1.54) is 17.6 Å². The monoisotopic (exact) mass is 310 g/mol. The summed E-state index contributed by atoms with van der Waals surface area (Å²) < 4.78 is 5.04. The smallest absolute Gasteiger partial charge is 0.321 e. The first-order valence-electron chi connectivity index (χ1n) is 6.77. The van der Waals surface area contributed by atoms with Gasteiger partial charge in [-0.1, -0.05) is 24.7 Å². The molecule has 7 nitrogen and oxygen atoms in total. The summed E-state index contributed by atoms with van der Waals surface area (Å²) in [6, 6.07) is 2.89. The Kier molecular flexibility index (Phi) is 5.70. The van der Waals surface area contributed by atoms with E-state index in [4.69, 9.17) is 4.42 Å². The van der Waals surface area contributed by atoms with Crippen molar-refractivity contribution < 1.29 is 14.3 Å². The molecular formula is C13H18N4O3S. The van der Waals surface area contributed by atoms with Crippen LogP contribution >= 0.6 is 11.3 Å². The number of furan rings is 1. The number of hydrogen-bond donors (Lipinski definition) is 3. The largest absolute Gasteiger partial charge is 0.467 e. The highest BCUT2D eigenvalue weighted by Crippen LogP contribution is 2.17. The molecule has 21 heavy (non-hydrogen) atoms. The number of nitrogens with zero attached hydrogens (tertiary/aromatic N) is 2. The van der Waals surface area contributed by atoms with E-state index in [1.54, 1.807) is 12.1 Å². The second-order valence-electron chi connectivity index (χ2n) is 4.47. The molecule has 3 N–H and O–H groups in total. The van der Waals surface area contributed by atoms with Crippen LogP contribution in [0.25, 0.3) is 0 Å². The molecule has 0 aliphatic carbocycles. The lowest BCUT2D eigenvalue weighted by atomic mass is 10.3. The van der Waals surface area contributed by atoms with Crippen molar-refractivity contribution in [2.75, 3.05) is 11.9 Å². The molecule has 0 radical (unpaired) electrons. The normalized spacial score (nSPS) is 12.1. The molecule has 0 saturated heterocycles. The van der Waals surface area contributed by atoms with Gasteiger partial charge in [-0.15, -0.1) is 10.2 Å². The maximum Gasteiger partial charge on any atom is 0.321 e. The Morgan fingerprint density at radius 1 is 1.52 bits per heavy atom. The van der Waals surface area contributed by atoms with Gasteiger partial charge in [-0.05, 0) is 18.6 Å². The molecule has 0 fully saturated rings. The predicted molar refractivity (Wildman–Crippen MR) is 79.2 cm³/mol. The number of nitrogens with one attached hydrogen (secondary N) is 2. The van der Waals surface area contributed by atoms with Crippen LogP contribution in [0, 0.1) is 0 Å². The Bertz CT molecular complexity index is 556. The molecule has 1 atom stereocenters. The first kappa shape index (κ1) is 15.5. The fraction of sp³-hybridized carbons (Fsp3) is 0.462. The average Bonchev–Trinajstić information content (AvgIpc) is 3.14. The van der Waals surface area contributed by atoms with E-state index in [-0.39, 0.29) is 6.54 Å². The van der Waals surface area contributed by atoms with E-state index in [1.807, 2.05) is 0 Å². The number of carbonyl (C=O) groups is 1. The average molecular weight is 310 g/mol. The Balaban J connectivity index is 1.75. The number of aromatic nitrogens is 2. The molecule has 2 amide bonds. The zero-order valence-corrected chi connectivity index (χ0v) is 12.5. The van der Waals surface area contributed by atoms with Crippen LogP contribution < -0.4 is 10.6 Å². The molecule has 2 heterocycles. The molecule has 0 aromatic carbocycles. The van der Waals surface area contributed by atoms with Gasteiger partial charge in [0.15, 0.2) is 0 Å². The number of carbonyl (C=O) groups excluding carboxylic acids is 1. The zero-order valence-electron chi connectivity index (χ0n) is 11.7. The summed E-state index contributed by atoms with van der Waals surface area (Å²) in [5, 5.41) is 24.2. The molecule has 8 heteroatoms. The third kappa shape index (κ3) is 4.83. The number of aliphatic hydroxyl groups excluding tert-OH is 1. The van der Waals surface area contributed by atoms with Crippen LogP contribution in [0.3, 0.4) is 0 Å². The van der Waals surface area contributed by atoms with Crippen LogP contribution in [0.5, 0.6) is 0 Å². The number of urea groups is 1. The van der Waals surface area contributed by atoms with Crippen molar-refractivity contribution in [1.82, 2.24) is 15.5 Å². The highest BCUT2D eigenvalue weighted by atomic mass is 32.1. The fourth-order valence-corrected chi connectivity index (χ4v) is 2.42. The van der Waals surface area contributed by atoms with Crippen molar-refractivity contribution in [3.05, 3.63) is 29.2 Å². The Labute approximate surface area is 126 Å². The van der Waals surface area contributed by atoms with Crippen molar-refractivity contribution in [2.24, 2.45) is 0 Å². The summed E-state index contributed by atoms with van der Waals surface area (Å²) >= 11 is 1.36. The van der Waals surface area contributed by atoms with E-state index in [2.05, 4.69) is 27.8 Å². The highest BCUT2D eigenvalue weighted by molar-refractivity contribution is 7.15. The minimum absolute atomic E-state index is 0.0564. The molecule has 2 aromatic rings. The van der Waals surface area contributed by atoms with Gasteiger partial charge in [0.2, 0.25) is 5.13 Å². The Hall–Kier alpha value is -1.93. The minimum Gasteiger partial charge on any atom is -0.467 e. The molecule has 0 saturated carbocycles. The van der Waals surface area contributed by atoms with Crippen LogP contribution in [-0.4, -0.2) is 27.9 Å². The molecule has 0 aliphatic heterocycles. The van der Waals surface area contributed by atoms with Crippen molar-refractivity contribution in [1.29, 1.82) is 0 Å². The van der Waals surface area contributed by atoms with Crippen LogP contribution in [-0.2, 0) is 6.42 Å². The van der Waals surface area contributed by atoms with Gasteiger partial charge in [0.05, 0.1) is 12.8 Å². The third-order valence-corrected chi connectivity index (χ3v) is 3.66. The quantitative estimate of drug-likeness (QED) is 0.728. The standard InChI is InChI=1S/C13H18N4O3S/c1-2-3-6-11-16-17-13(21-11)15-12(19)14-8-9(18)10-5-4-7-20-10/h4-5,7,9,18H,2-3,6,8H2,1H3,(H2,14,15,17,19). The van der Waals surface area contributed by atoms with Gasteiger partial charge in [0, 0.05) is 6.42 Å². The van der Waals surface area contributed by atoms with Gasteiger partial charge in [0.25, 0.3) is 0 Å². The number of amides is 2. The maximum absolute atomic E-state index is 11.7. The van der Waals surface area contributed by atoms with Crippen molar-refractivity contribution in [3.63, 3.8) is 0 Å². The number of aryl methyl sites for hydroxylation is 1. The van der Waals surface area contributed by atoms with Gasteiger partial charge >= 0.3 is 6.03 Å². The van der Waals surface area contributed by atoms with Gasteiger partial charge in [-0.2, -0.15) is 0 Å². The lowest BCUT2D eigenvalue weighted by Crippen LogP contribution is -2.32. The van der Waals surface area contributed by atoms with Gasteiger partial charge in [-0.3, -0.25) is 5.32 Å². The topological polar surface area (TPSA) is 100 Å². The highest BCUT2D eigenvalue weighted by Gasteiger charge is 2.13. The molecule has 2 rings (SSSR count). The summed E-state index contributed by atoms with van der Waals surface area (Å²) in [6.07, 6.45) is 3.61. The molecule has 114 valence electrons. The SMILES string of the molecule is CCCCc1nnc(NC(=O)NCC(O)c2ccco2)s1. The Morgan fingerprint density at radius 3 is 3.10 bits per heavy atom. The van der Waals surface area contributed by atoms with Gasteiger partial charge in [-0.25, -0.2) is 4.79 Å². The van der Waals surface area contributed by atoms with Crippen LogP contribution in [0.4, 0.5) is 9.93 Å². The first-order chi connectivity index (χ1) is 10.2. The van der Waals surface area contributed by atoms with Crippen LogP contribution in [0.1, 0.15) is 36.6 Å². The maximum atomic E-state index is 11.7. The molecule has 1 unspecified atom stereocenters. The number of aliphatic hydroxyl groups is 1. The second-order valence-corrected chi connectivity index (χ2v) is 5.53. The molecule has 0 aliphatic rings. The minimum atomic E-state index is -0.875. The number of rotatable bonds is 7. The summed E-state index contributed by atoms with van der Waals surface area (Å²) in [7, 11) is 0. The van der Waals surface area contributed by atoms with Crippen molar-refractivity contribution in [3.8, 4) is 0 Å². The fourth-order valence-electron chi connectivity index (χ4n) is 1.65. The van der Waals surface area contributed by atoms with E-state index in [0.29, 0.717) is 10.9 Å². The van der Waals surface area contributed by atoms with E-state index >= 15 is 0 Å². The van der Waals surface area contributed by atoms with E-state index < -0.39 is 12.1 Å². The summed E-state index contributed by atoms with van der Waals surface area (Å²) in [5.74, 6) is 0.410. The zero-order chi connectivity index (χ0) is 15.1. The van der Waals surface area contributed by atoms with Crippen LogP contribution in [0.15, 0.2) is 22.8 Å². The Morgan fingerprint density at radius 2 is 2.38 bits per heavy atom. The van der Waals surface area contributed by atoms with Crippen LogP contribution in [0.2, 0.25) is 0 Å². The van der Waals surface area contributed by atoms with Gasteiger partial charge < -0.3 is 14.8 Å². The van der Waals surface area contributed by atoms with E-state index in [9.17, 15) is 9.90 Å². The van der Waals surface area contributed by atoms with E-state index in [0.717, 1.165) is 24.3 Å².